The molecule has 0 saturated heterocycles. The van der Waals surface area contributed by atoms with E-state index in [2.05, 4.69) is 6.07 Å². The van der Waals surface area contributed by atoms with Gasteiger partial charge in [0, 0.05) is 10.6 Å². The molecule has 0 heterocycles. The van der Waals surface area contributed by atoms with Crippen molar-refractivity contribution in [1.82, 2.24) is 0 Å². The lowest BCUT2D eigenvalue weighted by Crippen LogP contribution is -2.10. The molecule has 0 radical (unpaired) electrons. The van der Waals surface area contributed by atoms with Crippen LogP contribution in [0.4, 0.5) is 0 Å². The van der Waals surface area contributed by atoms with E-state index in [9.17, 15) is 4.79 Å². The molecule has 1 N–H and O–H groups in total. The number of carboxylic acids is 1. The Morgan fingerprint density at radius 2 is 1.85 bits per heavy atom. The molecule has 102 valence electrons. The minimum absolute atomic E-state index is 0.271. The molecule has 1 fully saturated rings. The molecule has 0 aromatic heterocycles. The van der Waals surface area contributed by atoms with Crippen LogP contribution in [-0.2, 0) is 0 Å². The highest BCUT2D eigenvalue weighted by molar-refractivity contribution is 6.33. The van der Waals surface area contributed by atoms with Gasteiger partial charge in [-0.15, -0.1) is 0 Å². The molecular weight excluding hydrogens is 272 g/mol. The maximum atomic E-state index is 11.1. The van der Waals surface area contributed by atoms with Crippen molar-refractivity contribution < 1.29 is 9.90 Å². The summed E-state index contributed by atoms with van der Waals surface area (Å²) in [6.45, 7) is 0. The summed E-state index contributed by atoms with van der Waals surface area (Å²) >= 11 is 6.28. The highest BCUT2D eigenvalue weighted by atomic mass is 35.5. The first kappa shape index (κ1) is 13.2. The van der Waals surface area contributed by atoms with Gasteiger partial charge < -0.3 is 5.11 Å². The lowest BCUT2D eigenvalue weighted by molar-refractivity contribution is 0.0697. The fourth-order valence-corrected chi connectivity index (χ4v) is 2.90. The fraction of sp³-hybridized carbons (Fsp3) is 0.235. The van der Waals surface area contributed by atoms with Crippen LogP contribution in [0.2, 0.25) is 5.02 Å². The highest BCUT2D eigenvalue weighted by Gasteiger charge is 2.23. The van der Waals surface area contributed by atoms with Crippen LogP contribution in [0.1, 0.15) is 41.1 Å². The third-order valence-electron chi connectivity index (χ3n) is 4.01. The predicted molar refractivity (Wildman–Crippen MR) is 80.4 cm³/mol. The van der Waals surface area contributed by atoms with Gasteiger partial charge in [-0.1, -0.05) is 42.3 Å². The number of carbonyl (C=O) groups is 1. The Kier molecular flexibility index (Phi) is 3.49. The first-order valence-electron chi connectivity index (χ1n) is 6.79. The Balaban J connectivity index is 2.13. The molecule has 1 aliphatic rings. The molecule has 0 bridgehead atoms. The van der Waals surface area contributed by atoms with Crippen molar-refractivity contribution in [3.05, 3.63) is 58.6 Å². The molecule has 1 saturated carbocycles. The largest absolute Gasteiger partial charge is 0.478 e. The number of carboxylic acid groups (broad SMARTS) is 1. The highest BCUT2D eigenvalue weighted by Crippen LogP contribution is 2.42. The second kappa shape index (κ2) is 5.29. The Labute approximate surface area is 123 Å². The van der Waals surface area contributed by atoms with E-state index in [1.54, 1.807) is 18.2 Å². The van der Waals surface area contributed by atoms with E-state index in [-0.39, 0.29) is 5.56 Å². The number of benzene rings is 2. The predicted octanol–water partition coefficient (Wildman–Crippen LogP) is 4.97. The molecule has 1 aliphatic carbocycles. The normalized spacial score (nSPS) is 14.8. The summed E-state index contributed by atoms with van der Waals surface area (Å²) in [5.74, 6) is -0.347. The van der Waals surface area contributed by atoms with Gasteiger partial charge in [-0.2, -0.15) is 0 Å². The number of hydrogen-bond donors (Lipinski definition) is 1. The van der Waals surface area contributed by atoms with Crippen LogP contribution < -0.4 is 0 Å². The molecule has 0 spiro atoms. The molecule has 3 heteroatoms. The second-order valence-electron chi connectivity index (χ2n) is 5.21. The van der Waals surface area contributed by atoms with E-state index >= 15 is 0 Å². The zero-order valence-electron chi connectivity index (χ0n) is 11.0. The van der Waals surface area contributed by atoms with Gasteiger partial charge in [0.05, 0.1) is 5.56 Å². The average Bonchev–Trinajstić information content (AvgIpc) is 2.38. The van der Waals surface area contributed by atoms with Gasteiger partial charge in [-0.3, -0.25) is 0 Å². The van der Waals surface area contributed by atoms with Gasteiger partial charge in [0.2, 0.25) is 0 Å². The van der Waals surface area contributed by atoms with Crippen LogP contribution >= 0.6 is 11.6 Å². The van der Waals surface area contributed by atoms with Crippen molar-refractivity contribution in [3.8, 4) is 11.1 Å². The van der Waals surface area contributed by atoms with E-state index in [1.807, 2.05) is 18.2 Å². The van der Waals surface area contributed by atoms with Crippen LogP contribution in [0.3, 0.4) is 0 Å². The number of halogens is 1. The molecular formula is C17H15ClO2. The van der Waals surface area contributed by atoms with Crippen molar-refractivity contribution >= 4 is 17.6 Å². The number of aromatic carboxylic acids is 1. The molecule has 2 aromatic rings. The second-order valence-corrected chi connectivity index (χ2v) is 5.62. The first-order valence-corrected chi connectivity index (χ1v) is 7.17. The van der Waals surface area contributed by atoms with Gasteiger partial charge in [0.15, 0.2) is 0 Å². The smallest absolute Gasteiger partial charge is 0.335 e. The summed E-state index contributed by atoms with van der Waals surface area (Å²) in [5, 5.41) is 9.74. The molecule has 2 nitrogen and oxygen atoms in total. The zero-order valence-corrected chi connectivity index (χ0v) is 11.7. The van der Waals surface area contributed by atoms with Gasteiger partial charge >= 0.3 is 5.97 Å². The van der Waals surface area contributed by atoms with Gasteiger partial charge in [-0.25, -0.2) is 4.79 Å². The maximum absolute atomic E-state index is 11.1. The van der Waals surface area contributed by atoms with E-state index in [4.69, 9.17) is 16.7 Å². The third-order valence-corrected chi connectivity index (χ3v) is 4.34. The molecule has 20 heavy (non-hydrogen) atoms. The van der Waals surface area contributed by atoms with Gasteiger partial charge in [0.1, 0.15) is 0 Å². The first-order chi connectivity index (χ1) is 9.66. The monoisotopic (exact) mass is 286 g/mol. The van der Waals surface area contributed by atoms with Crippen molar-refractivity contribution in [1.29, 1.82) is 0 Å². The molecule has 0 aliphatic heterocycles. The molecule has 0 unspecified atom stereocenters. The van der Waals surface area contributed by atoms with Crippen LogP contribution in [-0.4, -0.2) is 11.1 Å². The van der Waals surface area contributed by atoms with E-state index in [0.29, 0.717) is 10.9 Å². The van der Waals surface area contributed by atoms with E-state index in [0.717, 1.165) is 11.1 Å². The van der Waals surface area contributed by atoms with Crippen LogP contribution in [0.5, 0.6) is 0 Å². The quantitative estimate of drug-likeness (QED) is 0.864. The molecule has 0 amide bonds. The Hall–Kier alpha value is -1.80. The van der Waals surface area contributed by atoms with Gasteiger partial charge in [0.25, 0.3) is 0 Å². The topological polar surface area (TPSA) is 37.3 Å². The standard InChI is InChI=1S/C17H15ClO2/c18-16-9-8-12(17(19)20)10-15(16)14-7-2-1-6-13(14)11-4-3-5-11/h1-2,6-11H,3-5H2,(H,19,20). The van der Waals surface area contributed by atoms with Crippen molar-refractivity contribution in [2.45, 2.75) is 25.2 Å². The summed E-state index contributed by atoms with van der Waals surface area (Å²) in [7, 11) is 0. The number of rotatable bonds is 3. The molecule has 2 aromatic carbocycles. The fourth-order valence-electron chi connectivity index (χ4n) is 2.68. The van der Waals surface area contributed by atoms with E-state index in [1.165, 1.54) is 24.8 Å². The van der Waals surface area contributed by atoms with Crippen LogP contribution in [0.25, 0.3) is 11.1 Å². The molecule has 3 rings (SSSR count). The lowest BCUT2D eigenvalue weighted by atomic mass is 9.77. The van der Waals surface area contributed by atoms with Crippen molar-refractivity contribution in [2.24, 2.45) is 0 Å². The SMILES string of the molecule is O=C(O)c1ccc(Cl)c(-c2ccccc2C2CCC2)c1. The minimum atomic E-state index is -0.927. The zero-order chi connectivity index (χ0) is 14.1. The van der Waals surface area contributed by atoms with Crippen LogP contribution in [0.15, 0.2) is 42.5 Å². The Morgan fingerprint density at radius 1 is 1.10 bits per heavy atom. The Bertz CT molecular complexity index is 660. The number of hydrogen-bond acceptors (Lipinski definition) is 1. The summed E-state index contributed by atoms with van der Waals surface area (Å²) in [5.41, 5.74) is 3.43. The van der Waals surface area contributed by atoms with Crippen LogP contribution in [0, 0.1) is 0 Å². The van der Waals surface area contributed by atoms with Crippen molar-refractivity contribution in [3.63, 3.8) is 0 Å². The van der Waals surface area contributed by atoms with Crippen molar-refractivity contribution in [2.75, 3.05) is 0 Å². The summed E-state index contributed by atoms with van der Waals surface area (Å²) < 4.78 is 0. The summed E-state index contributed by atoms with van der Waals surface area (Å²) in [6, 6.07) is 13.0. The average molecular weight is 287 g/mol. The summed E-state index contributed by atoms with van der Waals surface area (Å²) in [4.78, 5) is 11.1. The van der Waals surface area contributed by atoms with E-state index < -0.39 is 5.97 Å². The maximum Gasteiger partial charge on any atom is 0.335 e. The summed E-state index contributed by atoms with van der Waals surface area (Å²) in [6.07, 6.45) is 3.67. The minimum Gasteiger partial charge on any atom is -0.478 e. The Morgan fingerprint density at radius 3 is 2.50 bits per heavy atom. The third kappa shape index (κ3) is 2.32. The lowest BCUT2D eigenvalue weighted by Gasteiger charge is -2.28. The van der Waals surface area contributed by atoms with Gasteiger partial charge in [-0.05, 0) is 48.1 Å². The molecule has 0 atom stereocenters.